The zero-order valence-electron chi connectivity index (χ0n) is 20.6. The van der Waals surface area contributed by atoms with Crippen LogP contribution in [0.5, 0.6) is 11.5 Å². The van der Waals surface area contributed by atoms with Gasteiger partial charge in [-0.1, -0.05) is 60.7 Å². The summed E-state index contributed by atoms with van der Waals surface area (Å²) in [6.45, 7) is 4.37. The fourth-order valence-electron chi connectivity index (χ4n) is 4.31. The van der Waals surface area contributed by atoms with Crippen LogP contribution in [0.15, 0.2) is 96.3 Å². The lowest BCUT2D eigenvalue weighted by Crippen LogP contribution is -2.34. The highest BCUT2D eigenvalue weighted by Gasteiger charge is 2.43. The van der Waals surface area contributed by atoms with Gasteiger partial charge in [0, 0.05) is 13.0 Å². The second kappa shape index (κ2) is 11.7. The molecule has 1 N–H and O–H groups in total. The van der Waals surface area contributed by atoms with E-state index in [1.54, 1.807) is 0 Å². The second-order valence-electron chi connectivity index (χ2n) is 8.98. The van der Waals surface area contributed by atoms with Crippen LogP contribution >= 0.6 is 0 Å². The number of hydrogen-bond acceptors (Lipinski definition) is 5. The zero-order chi connectivity index (χ0) is 25.5. The SMILES string of the molecule is CC(C)OCCN1C(=O)C(O)=C(C(=O)CCc2ccccc2)C1c1cccc(Oc2ccccc2)c1. The van der Waals surface area contributed by atoms with Crippen LogP contribution in [0.4, 0.5) is 0 Å². The van der Waals surface area contributed by atoms with E-state index in [4.69, 9.17) is 9.47 Å². The predicted octanol–water partition coefficient (Wildman–Crippen LogP) is 5.80. The molecule has 3 aromatic carbocycles. The van der Waals surface area contributed by atoms with Crippen LogP contribution < -0.4 is 4.74 Å². The first-order valence-corrected chi connectivity index (χ1v) is 12.2. The lowest BCUT2D eigenvalue weighted by atomic mass is 9.93. The van der Waals surface area contributed by atoms with E-state index in [1.807, 2.05) is 98.8 Å². The van der Waals surface area contributed by atoms with Crippen LogP contribution in [0.2, 0.25) is 0 Å². The molecule has 0 aromatic heterocycles. The summed E-state index contributed by atoms with van der Waals surface area (Å²) in [5.41, 5.74) is 1.83. The Morgan fingerprint density at radius 3 is 2.31 bits per heavy atom. The number of nitrogens with zero attached hydrogens (tertiary/aromatic N) is 1. The average Bonchev–Trinajstić information content (AvgIpc) is 3.14. The summed E-state index contributed by atoms with van der Waals surface area (Å²) in [7, 11) is 0. The highest BCUT2D eigenvalue weighted by Crippen LogP contribution is 2.39. The minimum absolute atomic E-state index is 0.00251. The molecule has 1 aliphatic heterocycles. The number of aliphatic hydroxyl groups excluding tert-OH is 1. The van der Waals surface area contributed by atoms with Gasteiger partial charge in [-0.2, -0.15) is 0 Å². The number of Topliss-reactive ketones (excluding diaryl/α,β-unsaturated/α-hetero) is 1. The highest BCUT2D eigenvalue weighted by molar-refractivity contribution is 6.09. The van der Waals surface area contributed by atoms with Gasteiger partial charge in [0.2, 0.25) is 0 Å². The van der Waals surface area contributed by atoms with Crippen molar-refractivity contribution in [3.05, 3.63) is 107 Å². The van der Waals surface area contributed by atoms with E-state index in [9.17, 15) is 14.7 Å². The topological polar surface area (TPSA) is 76.1 Å². The summed E-state index contributed by atoms with van der Waals surface area (Å²) in [5.74, 6) is -0.0537. The van der Waals surface area contributed by atoms with Crippen LogP contribution in [-0.2, 0) is 20.7 Å². The molecule has 1 atom stereocenters. The van der Waals surface area contributed by atoms with Crippen molar-refractivity contribution in [1.29, 1.82) is 0 Å². The monoisotopic (exact) mass is 485 g/mol. The maximum Gasteiger partial charge on any atom is 0.290 e. The third-order valence-electron chi connectivity index (χ3n) is 6.02. The van der Waals surface area contributed by atoms with Crippen LogP contribution in [0.3, 0.4) is 0 Å². The first-order valence-electron chi connectivity index (χ1n) is 12.2. The Balaban J connectivity index is 1.63. The van der Waals surface area contributed by atoms with Crippen LogP contribution in [-0.4, -0.2) is 41.0 Å². The molecule has 0 spiro atoms. The normalized spacial score (nSPS) is 15.6. The molecule has 6 nitrogen and oxygen atoms in total. The fourth-order valence-corrected chi connectivity index (χ4v) is 4.31. The van der Waals surface area contributed by atoms with E-state index >= 15 is 0 Å². The minimum Gasteiger partial charge on any atom is -0.503 e. The molecule has 6 heteroatoms. The Kier molecular flexibility index (Phi) is 8.18. The maximum absolute atomic E-state index is 13.4. The van der Waals surface area contributed by atoms with E-state index in [2.05, 4.69) is 0 Å². The van der Waals surface area contributed by atoms with Gasteiger partial charge in [-0.3, -0.25) is 9.59 Å². The molecule has 186 valence electrons. The Morgan fingerprint density at radius 1 is 0.944 bits per heavy atom. The quantitative estimate of drug-likeness (QED) is 0.371. The Hall–Kier alpha value is -3.90. The van der Waals surface area contributed by atoms with Crippen molar-refractivity contribution in [2.45, 2.75) is 38.8 Å². The molecule has 1 aliphatic rings. The number of amides is 1. The number of carbonyl (C=O) groups excluding carboxylic acids is 2. The van der Waals surface area contributed by atoms with Gasteiger partial charge in [0.05, 0.1) is 24.3 Å². The molecule has 0 saturated carbocycles. The van der Waals surface area contributed by atoms with Crippen LogP contribution in [0, 0.1) is 0 Å². The summed E-state index contributed by atoms with van der Waals surface area (Å²) < 4.78 is 11.7. The molecular weight excluding hydrogens is 454 g/mol. The van der Waals surface area contributed by atoms with E-state index < -0.39 is 17.7 Å². The molecule has 0 aliphatic carbocycles. The van der Waals surface area contributed by atoms with E-state index in [0.29, 0.717) is 30.1 Å². The van der Waals surface area contributed by atoms with Gasteiger partial charge in [0.15, 0.2) is 11.5 Å². The molecule has 36 heavy (non-hydrogen) atoms. The number of benzene rings is 3. The molecule has 1 heterocycles. The number of aliphatic hydroxyl groups is 1. The largest absolute Gasteiger partial charge is 0.503 e. The molecule has 0 bridgehead atoms. The number of rotatable bonds is 11. The third-order valence-corrected chi connectivity index (χ3v) is 6.02. The molecule has 4 rings (SSSR count). The number of carbonyl (C=O) groups is 2. The summed E-state index contributed by atoms with van der Waals surface area (Å²) in [4.78, 5) is 28.0. The first-order chi connectivity index (χ1) is 17.4. The highest BCUT2D eigenvalue weighted by atomic mass is 16.5. The van der Waals surface area contributed by atoms with Crippen molar-refractivity contribution < 1.29 is 24.2 Å². The lowest BCUT2D eigenvalue weighted by Gasteiger charge is -2.27. The maximum atomic E-state index is 13.4. The number of para-hydroxylation sites is 1. The number of aryl methyl sites for hydroxylation is 1. The van der Waals surface area contributed by atoms with E-state index in [-0.39, 0.29) is 30.4 Å². The Morgan fingerprint density at radius 2 is 1.61 bits per heavy atom. The number of hydrogen-bond donors (Lipinski definition) is 1. The van der Waals surface area contributed by atoms with Crippen molar-refractivity contribution in [1.82, 2.24) is 4.90 Å². The summed E-state index contributed by atoms with van der Waals surface area (Å²) >= 11 is 0. The van der Waals surface area contributed by atoms with Crippen molar-refractivity contribution in [2.75, 3.05) is 13.2 Å². The molecule has 0 radical (unpaired) electrons. The molecule has 0 fully saturated rings. The predicted molar refractivity (Wildman–Crippen MR) is 138 cm³/mol. The molecular formula is C30H31NO5. The number of ketones is 1. The first kappa shape index (κ1) is 25.2. The number of ether oxygens (including phenoxy) is 2. The van der Waals surface area contributed by atoms with Crippen molar-refractivity contribution in [3.63, 3.8) is 0 Å². The zero-order valence-corrected chi connectivity index (χ0v) is 20.6. The summed E-state index contributed by atoms with van der Waals surface area (Å²) in [5, 5.41) is 10.8. The summed E-state index contributed by atoms with van der Waals surface area (Å²) in [6.07, 6.45) is 0.701. The standard InChI is InChI=1S/C30H31NO5/c1-21(2)35-19-18-31-28(23-12-9-15-25(20-23)36-24-13-7-4-8-14-24)27(29(33)30(31)34)26(32)17-16-22-10-5-3-6-11-22/h3-15,20-21,28,33H,16-19H2,1-2H3. The minimum atomic E-state index is -0.726. The smallest absolute Gasteiger partial charge is 0.290 e. The van der Waals surface area contributed by atoms with E-state index in [0.717, 1.165) is 5.56 Å². The van der Waals surface area contributed by atoms with Gasteiger partial charge in [0.25, 0.3) is 5.91 Å². The molecule has 0 saturated heterocycles. The average molecular weight is 486 g/mol. The molecule has 1 unspecified atom stereocenters. The van der Waals surface area contributed by atoms with Crippen molar-refractivity contribution in [2.24, 2.45) is 0 Å². The van der Waals surface area contributed by atoms with Gasteiger partial charge in [0.1, 0.15) is 11.5 Å². The van der Waals surface area contributed by atoms with Gasteiger partial charge in [-0.05, 0) is 55.7 Å². The van der Waals surface area contributed by atoms with Crippen molar-refractivity contribution in [3.8, 4) is 11.5 Å². The second-order valence-corrected chi connectivity index (χ2v) is 8.98. The van der Waals surface area contributed by atoms with Gasteiger partial charge < -0.3 is 19.5 Å². The van der Waals surface area contributed by atoms with Crippen LogP contribution in [0.1, 0.15) is 37.4 Å². The van der Waals surface area contributed by atoms with E-state index in [1.165, 1.54) is 4.90 Å². The molecule has 1 amide bonds. The fraction of sp³-hybridized carbons (Fsp3) is 0.267. The Bertz CT molecular complexity index is 1220. The van der Waals surface area contributed by atoms with Gasteiger partial charge in [-0.15, -0.1) is 0 Å². The van der Waals surface area contributed by atoms with Gasteiger partial charge >= 0.3 is 0 Å². The van der Waals surface area contributed by atoms with Gasteiger partial charge in [-0.25, -0.2) is 0 Å². The van der Waals surface area contributed by atoms with Crippen LogP contribution in [0.25, 0.3) is 0 Å². The molecule has 3 aromatic rings. The van der Waals surface area contributed by atoms with Crippen molar-refractivity contribution >= 4 is 11.7 Å². The third kappa shape index (κ3) is 6.01. The lowest BCUT2D eigenvalue weighted by molar-refractivity contribution is -0.130. The summed E-state index contributed by atoms with van der Waals surface area (Å²) in [6, 6.07) is 25.6. The Labute approximate surface area is 211 Å².